The molecular formula is C16H33NO2. The van der Waals surface area contributed by atoms with Gasteiger partial charge in [0.1, 0.15) is 0 Å². The first kappa shape index (κ1) is 18.4. The van der Waals surface area contributed by atoms with Gasteiger partial charge in [-0.25, -0.2) is 0 Å². The standard InChI is InChI=1S/C16H33NO2/c1-4-7-9-11-15(12-10-8-5-2)17-14-13-16(18)19-6-3/h15,17H,4-14H2,1-3H3. The summed E-state index contributed by atoms with van der Waals surface area (Å²) in [4.78, 5) is 11.3. The van der Waals surface area contributed by atoms with Crippen LogP contribution in [0, 0.1) is 0 Å². The number of ether oxygens (including phenoxy) is 1. The van der Waals surface area contributed by atoms with Gasteiger partial charge >= 0.3 is 5.97 Å². The first-order chi connectivity index (χ1) is 9.24. The molecule has 3 heteroatoms. The summed E-state index contributed by atoms with van der Waals surface area (Å²) in [5, 5.41) is 3.53. The summed E-state index contributed by atoms with van der Waals surface area (Å²) in [6, 6.07) is 0.576. The minimum atomic E-state index is -0.0872. The van der Waals surface area contributed by atoms with Crippen molar-refractivity contribution in [1.29, 1.82) is 0 Å². The summed E-state index contributed by atoms with van der Waals surface area (Å²) < 4.78 is 4.94. The largest absolute Gasteiger partial charge is 0.466 e. The maximum Gasteiger partial charge on any atom is 0.307 e. The molecule has 3 nitrogen and oxygen atoms in total. The van der Waals surface area contributed by atoms with Crippen molar-refractivity contribution < 1.29 is 9.53 Å². The summed E-state index contributed by atoms with van der Waals surface area (Å²) in [6.07, 6.45) is 10.7. The first-order valence-corrected chi connectivity index (χ1v) is 8.13. The van der Waals surface area contributed by atoms with Crippen molar-refractivity contribution in [2.24, 2.45) is 0 Å². The van der Waals surface area contributed by atoms with Crippen LogP contribution in [0.25, 0.3) is 0 Å². The summed E-state index contributed by atoms with van der Waals surface area (Å²) in [5.41, 5.74) is 0. The van der Waals surface area contributed by atoms with Crippen LogP contribution >= 0.6 is 0 Å². The molecular weight excluding hydrogens is 238 g/mol. The smallest absolute Gasteiger partial charge is 0.307 e. The zero-order valence-electron chi connectivity index (χ0n) is 13.2. The van der Waals surface area contributed by atoms with E-state index in [1.807, 2.05) is 6.92 Å². The molecule has 0 aliphatic carbocycles. The van der Waals surface area contributed by atoms with Crippen molar-refractivity contribution in [3.8, 4) is 0 Å². The topological polar surface area (TPSA) is 38.3 Å². The number of unbranched alkanes of at least 4 members (excludes halogenated alkanes) is 4. The fraction of sp³-hybridized carbons (Fsp3) is 0.938. The molecule has 0 aliphatic rings. The van der Waals surface area contributed by atoms with Crippen LogP contribution in [-0.4, -0.2) is 25.2 Å². The fourth-order valence-electron chi connectivity index (χ4n) is 2.24. The highest BCUT2D eigenvalue weighted by atomic mass is 16.5. The van der Waals surface area contributed by atoms with Crippen molar-refractivity contribution in [1.82, 2.24) is 5.32 Å². The third-order valence-electron chi connectivity index (χ3n) is 3.38. The monoisotopic (exact) mass is 271 g/mol. The molecule has 0 atom stereocenters. The van der Waals surface area contributed by atoms with E-state index in [0.29, 0.717) is 19.1 Å². The summed E-state index contributed by atoms with van der Waals surface area (Å²) in [6.45, 7) is 7.56. The predicted molar refractivity (Wildman–Crippen MR) is 81.3 cm³/mol. The van der Waals surface area contributed by atoms with Crippen molar-refractivity contribution in [3.05, 3.63) is 0 Å². The molecule has 0 saturated heterocycles. The highest BCUT2D eigenvalue weighted by Crippen LogP contribution is 2.11. The Morgan fingerprint density at radius 3 is 2.05 bits per heavy atom. The summed E-state index contributed by atoms with van der Waals surface area (Å²) in [7, 11) is 0. The molecule has 0 spiro atoms. The van der Waals surface area contributed by atoms with Crippen LogP contribution in [-0.2, 0) is 9.53 Å². The Labute approximate surface area is 119 Å². The van der Waals surface area contributed by atoms with Gasteiger partial charge in [0.25, 0.3) is 0 Å². The maximum absolute atomic E-state index is 11.3. The average Bonchev–Trinajstić information content (AvgIpc) is 2.39. The van der Waals surface area contributed by atoms with E-state index in [2.05, 4.69) is 19.2 Å². The molecule has 1 N–H and O–H groups in total. The molecule has 0 radical (unpaired) electrons. The Morgan fingerprint density at radius 2 is 1.58 bits per heavy atom. The van der Waals surface area contributed by atoms with Crippen molar-refractivity contribution >= 4 is 5.97 Å². The van der Waals surface area contributed by atoms with Gasteiger partial charge in [0, 0.05) is 12.6 Å². The van der Waals surface area contributed by atoms with Gasteiger partial charge in [0.15, 0.2) is 0 Å². The molecule has 0 unspecified atom stereocenters. The van der Waals surface area contributed by atoms with Crippen molar-refractivity contribution in [2.45, 2.75) is 84.6 Å². The third kappa shape index (κ3) is 12.2. The van der Waals surface area contributed by atoms with Crippen LogP contribution in [0.15, 0.2) is 0 Å². The lowest BCUT2D eigenvalue weighted by atomic mass is 10.0. The Morgan fingerprint density at radius 1 is 1.00 bits per heavy atom. The highest BCUT2D eigenvalue weighted by Gasteiger charge is 2.09. The normalized spacial score (nSPS) is 10.9. The lowest BCUT2D eigenvalue weighted by molar-refractivity contribution is -0.143. The molecule has 0 saturated carbocycles. The SMILES string of the molecule is CCCCCC(CCCCC)NCCC(=O)OCC. The molecule has 0 aromatic carbocycles. The lowest BCUT2D eigenvalue weighted by Crippen LogP contribution is -2.31. The minimum absolute atomic E-state index is 0.0872. The van der Waals surface area contributed by atoms with Crippen LogP contribution in [0.2, 0.25) is 0 Å². The molecule has 0 heterocycles. The lowest BCUT2D eigenvalue weighted by Gasteiger charge is -2.18. The van der Waals surface area contributed by atoms with Crippen LogP contribution in [0.5, 0.6) is 0 Å². The van der Waals surface area contributed by atoms with E-state index in [1.165, 1.54) is 51.4 Å². The summed E-state index contributed by atoms with van der Waals surface area (Å²) in [5.74, 6) is -0.0872. The molecule has 0 aromatic heterocycles. The number of carbonyl (C=O) groups is 1. The van der Waals surface area contributed by atoms with Crippen molar-refractivity contribution in [2.75, 3.05) is 13.2 Å². The molecule has 0 bridgehead atoms. The van der Waals surface area contributed by atoms with Gasteiger partial charge < -0.3 is 10.1 Å². The van der Waals surface area contributed by atoms with E-state index in [4.69, 9.17) is 4.74 Å². The van der Waals surface area contributed by atoms with Gasteiger partial charge in [0.2, 0.25) is 0 Å². The zero-order chi connectivity index (χ0) is 14.3. The Hall–Kier alpha value is -0.570. The quantitative estimate of drug-likeness (QED) is 0.405. The van der Waals surface area contributed by atoms with Gasteiger partial charge in [-0.1, -0.05) is 52.4 Å². The number of hydrogen-bond acceptors (Lipinski definition) is 3. The fourth-order valence-corrected chi connectivity index (χ4v) is 2.24. The minimum Gasteiger partial charge on any atom is -0.466 e. The van der Waals surface area contributed by atoms with Crippen LogP contribution in [0.1, 0.15) is 78.6 Å². The maximum atomic E-state index is 11.3. The van der Waals surface area contributed by atoms with E-state index >= 15 is 0 Å². The molecule has 19 heavy (non-hydrogen) atoms. The van der Waals surface area contributed by atoms with Gasteiger partial charge in [-0.15, -0.1) is 0 Å². The average molecular weight is 271 g/mol. The van der Waals surface area contributed by atoms with E-state index in [0.717, 1.165) is 6.54 Å². The van der Waals surface area contributed by atoms with Gasteiger partial charge in [-0.3, -0.25) is 4.79 Å². The molecule has 0 amide bonds. The summed E-state index contributed by atoms with van der Waals surface area (Å²) >= 11 is 0. The number of carbonyl (C=O) groups excluding carboxylic acids is 1. The molecule has 114 valence electrons. The molecule has 0 fully saturated rings. The van der Waals surface area contributed by atoms with Gasteiger partial charge in [-0.2, -0.15) is 0 Å². The second-order valence-electron chi connectivity index (χ2n) is 5.20. The third-order valence-corrected chi connectivity index (χ3v) is 3.38. The molecule has 0 aromatic rings. The van der Waals surface area contributed by atoms with E-state index < -0.39 is 0 Å². The number of esters is 1. The van der Waals surface area contributed by atoms with E-state index in [1.54, 1.807) is 0 Å². The molecule has 0 rings (SSSR count). The molecule has 0 aliphatic heterocycles. The second kappa shape index (κ2) is 13.9. The number of hydrogen-bond donors (Lipinski definition) is 1. The predicted octanol–water partition coefficient (Wildman–Crippen LogP) is 4.06. The Bertz CT molecular complexity index is 197. The van der Waals surface area contributed by atoms with E-state index in [-0.39, 0.29) is 5.97 Å². The van der Waals surface area contributed by atoms with E-state index in [9.17, 15) is 4.79 Å². The second-order valence-corrected chi connectivity index (χ2v) is 5.20. The zero-order valence-corrected chi connectivity index (χ0v) is 13.2. The first-order valence-electron chi connectivity index (χ1n) is 8.13. The van der Waals surface area contributed by atoms with Crippen LogP contribution in [0.4, 0.5) is 0 Å². The van der Waals surface area contributed by atoms with Gasteiger partial charge in [-0.05, 0) is 19.8 Å². The van der Waals surface area contributed by atoms with Crippen molar-refractivity contribution in [3.63, 3.8) is 0 Å². The Balaban J connectivity index is 3.78. The van der Waals surface area contributed by atoms with Crippen LogP contribution in [0.3, 0.4) is 0 Å². The number of nitrogens with one attached hydrogen (secondary N) is 1. The Kier molecular flexibility index (Phi) is 13.4. The van der Waals surface area contributed by atoms with Crippen LogP contribution < -0.4 is 5.32 Å². The van der Waals surface area contributed by atoms with Gasteiger partial charge in [0.05, 0.1) is 13.0 Å². The highest BCUT2D eigenvalue weighted by molar-refractivity contribution is 5.69. The number of rotatable bonds is 13.